The fourth-order valence-corrected chi connectivity index (χ4v) is 6.33. The molecule has 0 saturated heterocycles. The van der Waals surface area contributed by atoms with Gasteiger partial charge < -0.3 is 9.47 Å². The molecular weight excluding hydrogens is 576 g/mol. The zero-order valence-electron chi connectivity index (χ0n) is 30.1. The van der Waals surface area contributed by atoms with E-state index in [1.54, 1.807) is 0 Å². The predicted molar refractivity (Wildman–Crippen MR) is 201 cm³/mol. The molecule has 3 rings (SSSR count). The first-order chi connectivity index (χ1) is 23.1. The Bertz CT molecular complexity index is 1210. The molecule has 47 heavy (non-hydrogen) atoms. The van der Waals surface area contributed by atoms with Gasteiger partial charge >= 0.3 is 5.97 Å². The van der Waals surface area contributed by atoms with E-state index in [1.807, 2.05) is 6.92 Å². The number of rotatable bonds is 26. The van der Waals surface area contributed by atoms with Crippen LogP contribution in [-0.4, -0.2) is 12.6 Å². The van der Waals surface area contributed by atoms with E-state index < -0.39 is 0 Å². The summed E-state index contributed by atoms with van der Waals surface area (Å²) in [5, 5.41) is 0. The summed E-state index contributed by atoms with van der Waals surface area (Å²) in [7, 11) is 0. The van der Waals surface area contributed by atoms with Crippen molar-refractivity contribution in [2.45, 2.75) is 155 Å². The SMILES string of the molecule is CCCCCCCCCCCCOc1ccc(-c2ccccc2-c2ccc(C(C)OC(=O)CCCCCCCCCCC)cc2)cc1. The van der Waals surface area contributed by atoms with Crippen molar-refractivity contribution in [1.82, 2.24) is 0 Å². The molecule has 0 aliphatic rings. The third-order valence-electron chi connectivity index (χ3n) is 9.34. The van der Waals surface area contributed by atoms with Crippen LogP contribution in [0.25, 0.3) is 22.3 Å². The Balaban J connectivity index is 1.40. The molecule has 3 nitrogen and oxygen atoms in total. The van der Waals surface area contributed by atoms with Gasteiger partial charge in [0.15, 0.2) is 0 Å². The van der Waals surface area contributed by atoms with Crippen LogP contribution in [0.1, 0.15) is 161 Å². The molecule has 0 N–H and O–H groups in total. The van der Waals surface area contributed by atoms with Crippen molar-refractivity contribution in [1.29, 1.82) is 0 Å². The van der Waals surface area contributed by atoms with E-state index >= 15 is 0 Å². The predicted octanol–water partition coefficient (Wildman–Crippen LogP) is 13.8. The van der Waals surface area contributed by atoms with Crippen LogP contribution in [0.15, 0.2) is 72.8 Å². The van der Waals surface area contributed by atoms with Gasteiger partial charge in [0.25, 0.3) is 0 Å². The number of carbonyl (C=O) groups excluding carboxylic acids is 1. The normalized spacial score (nSPS) is 11.8. The molecule has 0 radical (unpaired) electrons. The van der Waals surface area contributed by atoms with Crippen molar-refractivity contribution in [2.75, 3.05) is 6.61 Å². The summed E-state index contributed by atoms with van der Waals surface area (Å²) in [6.45, 7) is 7.29. The summed E-state index contributed by atoms with van der Waals surface area (Å²) in [4.78, 5) is 12.5. The van der Waals surface area contributed by atoms with Crippen LogP contribution >= 0.6 is 0 Å². The molecule has 3 heteroatoms. The summed E-state index contributed by atoms with van der Waals surface area (Å²) in [6, 6.07) is 25.5. The van der Waals surface area contributed by atoms with Crippen molar-refractivity contribution in [3.63, 3.8) is 0 Å². The average molecular weight is 641 g/mol. The second-order valence-electron chi connectivity index (χ2n) is 13.4. The molecular formula is C44H64O3. The largest absolute Gasteiger partial charge is 0.494 e. The quantitative estimate of drug-likeness (QED) is 0.0647. The topological polar surface area (TPSA) is 35.5 Å². The Hall–Kier alpha value is -3.07. The number of unbranched alkanes of at least 4 members (excludes halogenated alkanes) is 17. The van der Waals surface area contributed by atoms with Crippen LogP contribution in [0.2, 0.25) is 0 Å². The lowest BCUT2D eigenvalue weighted by atomic mass is 9.93. The summed E-state index contributed by atoms with van der Waals surface area (Å²) in [5.74, 6) is 0.846. The van der Waals surface area contributed by atoms with E-state index in [2.05, 4.69) is 86.6 Å². The number of ether oxygens (including phenoxy) is 2. The Labute approximate surface area is 287 Å². The van der Waals surface area contributed by atoms with Crippen LogP contribution in [0.4, 0.5) is 0 Å². The Morgan fingerprint density at radius 1 is 0.532 bits per heavy atom. The van der Waals surface area contributed by atoms with Crippen molar-refractivity contribution in [3.05, 3.63) is 78.4 Å². The van der Waals surface area contributed by atoms with Crippen molar-refractivity contribution in [2.24, 2.45) is 0 Å². The van der Waals surface area contributed by atoms with Gasteiger partial charge in [0.1, 0.15) is 11.9 Å². The van der Waals surface area contributed by atoms with Crippen molar-refractivity contribution >= 4 is 5.97 Å². The second-order valence-corrected chi connectivity index (χ2v) is 13.4. The monoisotopic (exact) mass is 640 g/mol. The smallest absolute Gasteiger partial charge is 0.306 e. The first-order valence-electron chi connectivity index (χ1n) is 19.2. The van der Waals surface area contributed by atoms with Crippen LogP contribution < -0.4 is 4.74 Å². The molecule has 0 heterocycles. The Kier molecular flexibility index (Phi) is 19.7. The minimum Gasteiger partial charge on any atom is -0.494 e. The minimum atomic E-state index is -0.252. The highest BCUT2D eigenvalue weighted by Crippen LogP contribution is 2.34. The van der Waals surface area contributed by atoms with Gasteiger partial charge in [-0.05, 0) is 59.7 Å². The second kappa shape index (κ2) is 24.1. The molecule has 1 atom stereocenters. The minimum absolute atomic E-state index is 0.0919. The molecule has 0 aromatic heterocycles. The number of hydrogen-bond donors (Lipinski definition) is 0. The maximum absolute atomic E-state index is 12.5. The molecule has 0 fully saturated rings. The van der Waals surface area contributed by atoms with Gasteiger partial charge in [-0.3, -0.25) is 4.79 Å². The standard InChI is InChI=1S/C44H64O3/c1-4-6-8-10-12-14-16-18-20-24-36-46-41-34-32-40(33-35-41)43-26-23-22-25-42(43)39-30-28-38(29-31-39)37(3)47-44(45)27-21-19-17-15-13-11-9-7-5-2/h22-23,25-26,28-35,37H,4-21,24,27,36H2,1-3H3. The number of benzene rings is 3. The first kappa shape index (κ1) is 38.4. The summed E-state index contributed by atoms with van der Waals surface area (Å²) in [6.07, 6.45) is 24.8. The molecule has 0 bridgehead atoms. The van der Waals surface area contributed by atoms with E-state index in [-0.39, 0.29) is 12.1 Å². The molecule has 0 aliphatic carbocycles. The number of carbonyl (C=O) groups is 1. The zero-order chi connectivity index (χ0) is 33.4. The van der Waals surface area contributed by atoms with Crippen LogP contribution in [-0.2, 0) is 9.53 Å². The third kappa shape index (κ3) is 15.6. The van der Waals surface area contributed by atoms with Crippen LogP contribution in [0.5, 0.6) is 5.75 Å². The summed E-state index contributed by atoms with van der Waals surface area (Å²) in [5.41, 5.74) is 5.74. The van der Waals surface area contributed by atoms with E-state index in [1.165, 1.54) is 119 Å². The van der Waals surface area contributed by atoms with Crippen molar-refractivity contribution < 1.29 is 14.3 Å². The highest BCUT2D eigenvalue weighted by atomic mass is 16.5. The van der Waals surface area contributed by atoms with Gasteiger partial charge in [-0.1, -0.05) is 184 Å². The molecule has 3 aromatic rings. The van der Waals surface area contributed by atoms with Crippen molar-refractivity contribution in [3.8, 4) is 28.0 Å². The third-order valence-corrected chi connectivity index (χ3v) is 9.34. The fraction of sp³-hybridized carbons (Fsp3) is 0.568. The average Bonchev–Trinajstić information content (AvgIpc) is 3.10. The lowest BCUT2D eigenvalue weighted by Gasteiger charge is -2.15. The number of hydrogen-bond acceptors (Lipinski definition) is 3. The molecule has 258 valence electrons. The summed E-state index contributed by atoms with van der Waals surface area (Å²) < 4.78 is 11.8. The Morgan fingerprint density at radius 3 is 1.45 bits per heavy atom. The maximum atomic E-state index is 12.5. The van der Waals surface area contributed by atoms with Crippen LogP contribution in [0, 0.1) is 0 Å². The zero-order valence-corrected chi connectivity index (χ0v) is 30.1. The molecule has 0 saturated carbocycles. The summed E-state index contributed by atoms with van der Waals surface area (Å²) >= 11 is 0. The van der Waals surface area contributed by atoms with Gasteiger partial charge in [0.05, 0.1) is 6.61 Å². The van der Waals surface area contributed by atoms with E-state index in [9.17, 15) is 4.79 Å². The van der Waals surface area contributed by atoms with E-state index in [4.69, 9.17) is 9.47 Å². The first-order valence-corrected chi connectivity index (χ1v) is 19.2. The van der Waals surface area contributed by atoms with Gasteiger partial charge in [-0.15, -0.1) is 0 Å². The highest BCUT2D eigenvalue weighted by molar-refractivity contribution is 5.83. The number of esters is 1. The molecule has 0 aliphatic heterocycles. The molecule has 3 aromatic carbocycles. The van der Waals surface area contributed by atoms with Gasteiger partial charge in [-0.2, -0.15) is 0 Å². The molecule has 1 unspecified atom stereocenters. The maximum Gasteiger partial charge on any atom is 0.306 e. The van der Waals surface area contributed by atoms with Crippen LogP contribution in [0.3, 0.4) is 0 Å². The highest BCUT2D eigenvalue weighted by Gasteiger charge is 2.13. The lowest BCUT2D eigenvalue weighted by molar-refractivity contribution is -0.148. The molecule has 0 amide bonds. The van der Waals surface area contributed by atoms with Gasteiger partial charge in [0, 0.05) is 6.42 Å². The van der Waals surface area contributed by atoms with Gasteiger partial charge in [-0.25, -0.2) is 0 Å². The lowest BCUT2D eigenvalue weighted by Crippen LogP contribution is -2.08. The molecule has 0 spiro atoms. The van der Waals surface area contributed by atoms with E-state index in [0.717, 1.165) is 42.7 Å². The fourth-order valence-electron chi connectivity index (χ4n) is 6.33. The van der Waals surface area contributed by atoms with E-state index in [0.29, 0.717) is 6.42 Å². The van der Waals surface area contributed by atoms with Gasteiger partial charge in [0.2, 0.25) is 0 Å². The Morgan fingerprint density at radius 2 is 0.957 bits per heavy atom.